The zero-order chi connectivity index (χ0) is 24.1. The molecule has 0 atom stereocenters. The minimum Gasteiger partial charge on any atom is -0.484 e. The van der Waals surface area contributed by atoms with Crippen molar-refractivity contribution in [1.82, 2.24) is 4.90 Å². The summed E-state index contributed by atoms with van der Waals surface area (Å²) < 4.78 is 5.61. The molecule has 1 N–H and O–H groups in total. The highest BCUT2D eigenvalue weighted by molar-refractivity contribution is 8.18. The largest absolute Gasteiger partial charge is 0.484 e. The maximum Gasteiger partial charge on any atom is 0.293 e. The van der Waals surface area contributed by atoms with Gasteiger partial charge < -0.3 is 10.1 Å². The Labute approximate surface area is 206 Å². The van der Waals surface area contributed by atoms with Gasteiger partial charge in [-0.15, -0.1) is 0 Å². The van der Waals surface area contributed by atoms with Crippen LogP contribution in [-0.4, -0.2) is 28.6 Å². The first-order valence-electron chi connectivity index (χ1n) is 10.5. The summed E-state index contributed by atoms with van der Waals surface area (Å²) in [5.41, 5.74) is 3.13. The van der Waals surface area contributed by atoms with Crippen molar-refractivity contribution in [3.05, 3.63) is 99.4 Å². The predicted octanol–water partition coefficient (Wildman–Crippen LogP) is 5.90. The van der Waals surface area contributed by atoms with Gasteiger partial charge in [-0.3, -0.25) is 19.3 Å². The molecule has 4 rings (SSSR count). The van der Waals surface area contributed by atoms with Gasteiger partial charge in [-0.25, -0.2) is 0 Å². The van der Waals surface area contributed by atoms with E-state index in [0.717, 1.165) is 17.3 Å². The summed E-state index contributed by atoms with van der Waals surface area (Å²) in [4.78, 5) is 38.9. The van der Waals surface area contributed by atoms with E-state index in [1.54, 1.807) is 48.5 Å². The molecule has 3 aromatic carbocycles. The zero-order valence-electron chi connectivity index (χ0n) is 18.3. The molecular weight excluding hydrogens is 472 g/mol. The van der Waals surface area contributed by atoms with Gasteiger partial charge in [0.2, 0.25) is 0 Å². The molecule has 0 radical (unpaired) electrons. The molecule has 1 fully saturated rings. The quantitative estimate of drug-likeness (QED) is 0.415. The van der Waals surface area contributed by atoms with Crippen LogP contribution in [0.5, 0.6) is 5.75 Å². The minimum absolute atomic E-state index is 0.112. The number of nitrogens with one attached hydrogen (secondary N) is 1. The number of amides is 3. The van der Waals surface area contributed by atoms with Crippen LogP contribution in [0.4, 0.5) is 10.5 Å². The van der Waals surface area contributed by atoms with Crippen LogP contribution in [-0.2, 0) is 16.1 Å². The Bertz CT molecular complexity index is 1290. The molecule has 1 aliphatic rings. The summed E-state index contributed by atoms with van der Waals surface area (Å²) in [6.07, 6.45) is 1.64. The number of rotatable bonds is 7. The van der Waals surface area contributed by atoms with Gasteiger partial charge in [0, 0.05) is 10.7 Å². The summed E-state index contributed by atoms with van der Waals surface area (Å²) in [5, 5.41) is 2.94. The third kappa shape index (κ3) is 5.87. The van der Waals surface area contributed by atoms with Crippen LogP contribution in [0.2, 0.25) is 5.02 Å². The highest BCUT2D eigenvalue weighted by atomic mass is 35.5. The molecule has 172 valence electrons. The predicted molar refractivity (Wildman–Crippen MR) is 135 cm³/mol. The number of anilines is 1. The van der Waals surface area contributed by atoms with Crippen LogP contribution in [0.25, 0.3) is 6.08 Å². The van der Waals surface area contributed by atoms with E-state index < -0.39 is 0 Å². The van der Waals surface area contributed by atoms with Crippen molar-refractivity contribution >= 4 is 52.2 Å². The smallest absolute Gasteiger partial charge is 0.293 e. The lowest BCUT2D eigenvalue weighted by atomic mass is 10.2. The molecule has 1 saturated heterocycles. The van der Waals surface area contributed by atoms with Crippen LogP contribution >= 0.6 is 23.4 Å². The van der Waals surface area contributed by atoms with Gasteiger partial charge in [-0.2, -0.15) is 0 Å². The van der Waals surface area contributed by atoms with Gasteiger partial charge in [-0.05, 0) is 71.8 Å². The fraction of sp³-hybridized carbons (Fsp3) is 0.115. The van der Waals surface area contributed by atoms with E-state index in [4.69, 9.17) is 16.3 Å². The lowest BCUT2D eigenvalue weighted by Crippen LogP contribution is -2.27. The Morgan fingerprint density at radius 3 is 2.65 bits per heavy atom. The summed E-state index contributed by atoms with van der Waals surface area (Å²) in [6.45, 7) is 1.90. The van der Waals surface area contributed by atoms with E-state index in [9.17, 15) is 14.4 Å². The second kappa shape index (κ2) is 10.6. The van der Waals surface area contributed by atoms with E-state index in [1.165, 1.54) is 4.90 Å². The van der Waals surface area contributed by atoms with Crippen molar-refractivity contribution < 1.29 is 19.1 Å². The first-order chi connectivity index (χ1) is 16.4. The van der Waals surface area contributed by atoms with Crippen LogP contribution in [0.1, 0.15) is 16.7 Å². The SMILES string of the molecule is Cc1cccc(NC(=O)COc2cccc(/C=C3\SC(=O)N(Cc4ccccc4Cl)C3=O)c2)c1. The lowest BCUT2D eigenvalue weighted by molar-refractivity contribution is -0.123. The first-order valence-corrected chi connectivity index (χ1v) is 11.7. The first kappa shape index (κ1) is 23.6. The minimum atomic E-state index is -0.376. The average molecular weight is 493 g/mol. The van der Waals surface area contributed by atoms with Gasteiger partial charge >= 0.3 is 0 Å². The lowest BCUT2D eigenvalue weighted by Gasteiger charge is -2.13. The summed E-state index contributed by atoms with van der Waals surface area (Å²) in [7, 11) is 0. The normalized spacial score (nSPS) is 14.5. The number of thioether (sulfide) groups is 1. The monoisotopic (exact) mass is 492 g/mol. The number of hydrogen-bond donors (Lipinski definition) is 1. The number of aryl methyl sites for hydroxylation is 1. The van der Waals surface area contributed by atoms with E-state index >= 15 is 0 Å². The molecule has 3 aromatic rings. The second-order valence-electron chi connectivity index (χ2n) is 7.64. The van der Waals surface area contributed by atoms with Crippen molar-refractivity contribution in [2.45, 2.75) is 13.5 Å². The third-order valence-corrected chi connectivity index (χ3v) is 6.26. The van der Waals surface area contributed by atoms with Crippen LogP contribution in [0.3, 0.4) is 0 Å². The van der Waals surface area contributed by atoms with Crippen LogP contribution in [0.15, 0.2) is 77.7 Å². The fourth-order valence-electron chi connectivity index (χ4n) is 3.35. The molecule has 1 heterocycles. The van der Waals surface area contributed by atoms with E-state index in [1.807, 2.05) is 37.3 Å². The Balaban J connectivity index is 1.40. The maximum absolute atomic E-state index is 12.8. The van der Waals surface area contributed by atoms with Crippen LogP contribution < -0.4 is 10.1 Å². The van der Waals surface area contributed by atoms with Crippen LogP contribution in [0, 0.1) is 6.92 Å². The van der Waals surface area contributed by atoms with Crippen molar-refractivity contribution in [2.75, 3.05) is 11.9 Å². The van der Waals surface area contributed by atoms with Crippen molar-refractivity contribution in [3.8, 4) is 5.75 Å². The highest BCUT2D eigenvalue weighted by Gasteiger charge is 2.35. The molecule has 0 bridgehead atoms. The summed E-state index contributed by atoms with van der Waals surface area (Å²) in [6, 6.07) is 21.6. The number of carbonyl (C=O) groups is 3. The van der Waals surface area contributed by atoms with Gasteiger partial charge in [0.15, 0.2) is 6.61 Å². The number of benzene rings is 3. The maximum atomic E-state index is 12.8. The molecule has 6 nitrogen and oxygen atoms in total. The highest BCUT2D eigenvalue weighted by Crippen LogP contribution is 2.34. The Kier molecular flexibility index (Phi) is 7.35. The van der Waals surface area contributed by atoms with Gasteiger partial charge in [0.05, 0.1) is 11.4 Å². The average Bonchev–Trinajstić information content (AvgIpc) is 3.07. The summed E-state index contributed by atoms with van der Waals surface area (Å²) in [5.74, 6) is -0.182. The zero-order valence-corrected chi connectivity index (χ0v) is 19.9. The number of nitrogens with zero attached hydrogens (tertiary/aromatic N) is 1. The Hall–Kier alpha value is -3.55. The number of carbonyl (C=O) groups excluding carboxylic acids is 3. The van der Waals surface area contributed by atoms with Crippen molar-refractivity contribution in [1.29, 1.82) is 0 Å². The fourth-order valence-corrected chi connectivity index (χ4v) is 4.38. The van der Waals surface area contributed by atoms with Gasteiger partial charge in [0.1, 0.15) is 5.75 Å². The molecule has 34 heavy (non-hydrogen) atoms. The molecule has 0 aromatic heterocycles. The molecule has 0 saturated carbocycles. The summed E-state index contributed by atoms with van der Waals surface area (Å²) >= 11 is 7.05. The van der Waals surface area contributed by atoms with E-state index in [-0.39, 0.29) is 30.2 Å². The molecule has 0 spiro atoms. The van der Waals surface area contributed by atoms with E-state index in [2.05, 4.69) is 5.32 Å². The molecule has 0 aliphatic carbocycles. The van der Waals surface area contributed by atoms with Gasteiger partial charge in [-0.1, -0.05) is 54.1 Å². The Morgan fingerprint density at radius 1 is 1.06 bits per heavy atom. The second-order valence-corrected chi connectivity index (χ2v) is 9.04. The molecule has 0 unspecified atom stereocenters. The standard InChI is InChI=1S/C26H21ClN2O4S/c1-17-6-4-9-20(12-17)28-24(30)16-33-21-10-5-7-18(13-21)14-23-25(31)29(26(32)34-23)15-19-8-2-3-11-22(19)27/h2-14H,15-16H2,1H3,(H,28,30)/b23-14-. The van der Waals surface area contributed by atoms with Gasteiger partial charge in [0.25, 0.3) is 17.1 Å². The number of ether oxygens (including phenoxy) is 1. The number of halogens is 1. The topological polar surface area (TPSA) is 75.7 Å². The molecule has 1 aliphatic heterocycles. The molecular formula is C26H21ClN2O4S. The van der Waals surface area contributed by atoms with Crippen molar-refractivity contribution in [2.24, 2.45) is 0 Å². The van der Waals surface area contributed by atoms with Crippen molar-refractivity contribution in [3.63, 3.8) is 0 Å². The third-order valence-electron chi connectivity index (χ3n) is 4.99. The van der Waals surface area contributed by atoms with E-state index in [0.29, 0.717) is 32.5 Å². The molecule has 8 heteroatoms. The molecule has 3 amide bonds. The number of imide groups is 1. The number of hydrogen-bond acceptors (Lipinski definition) is 5. The Morgan fingerprint density at radius 2 is 1.85 bits per heavy atom.